The van der Waals surface area contributed by atoms with E-state index in [-0.39, 0.29) is 5.82 Å². The van der Waals surface area contributed by atoms with Crippen molar-refractivity contribution in [1.29, 1.82) is 5.26 Å². The van der Waals surface area contributed by atoms with Crippen molar-refractivity contribution in [2.45, 2.75) is 19.6 Å². The Labute approximate surface area is 111 Å². The number of fused-ring (bicyclic) bond motifs is 1. The molecule has 19 heavy (non-hydrogen) atoms. The number of benzene rings is 2. The molecule has 0 N–H and O–H groups in total. The van der Waals surface area contributed by atoms with E-state index < -0.39 is 0 Å². The lowest BCUT2D eigenvalue weighted by molar-refractivity contribution is 0.271. The van der Waals surface area contributed by atoms with E-state index >= 15 is 0 Å². The highest BCUT2D eigenvalue weighted by Gasteiger charge is 2.19. The van der Waals surface area contributed by atoms with E-state index in [0.717, 1.165) is 13.1 Å². The third-order valence-electron chi connectivity index (χ3n) is 3.48. The SMILES string of the molecule is N#Cc1ccc(F)c(CN2Cc3ccccc3C2)c1. The molecule has 2 aromatic rings. The molecular weight excluding hydrogens is 239 g/mol. The molecule has 1 aliphatic heterocycles. The fourth-order valence-corrected chi connectivity index (χ4v) is 2.52. The van der Waals surface area contributed by atoms with Gasteiger partial charge < -0.3 is 0 Å². The second kappa shape index (κ2) is 4.83. The lowest BCUT2D eigenvalue weighted by Crippen LogP contribution is -2.16. The van der Waals surface area contributed by atoms with Gasteiger partial charge >= 0.3 is 0 Å². The molecular formula is C16H13FN2. The summed E-state index contributed by atoms with van der Waals surface area (Å²) in [6.07, 6.45) is 0. The Hall–Kier alpha value is -2.18. The van der Waals surface area contributed by atoms with Gasteiger partial charge in [-0.25, -0.2) is 4.39 Å². The predicted octanol–water partition coefficient (Wildman–Crippen LogP) is 3.21. The topological polar surface area (TPSA) is 27.0 Å². The van der Waals surface area contributed by atoms with Crippen molar-refractivity contribution in [3.8, 4) is 6.07 Å². The molecule has 0 radical (unpaired) electrons. The van der Waals surface area contributed by atoms with E-state index in [0.29, 0.717) is 17.7 Å². The molecule has 0 bridgehead atoms. The van der Waals surface area contributed by atoms with Crippen LogP contribution < -0.4 is 0 Å². The Kier molecular flexibility index (Phi) is 3.02. The van der Waals surface area contributed by atoms with Gasteiger partial charge in [0.2, 0.25) is 0 Å². The van der Waals surface area contributed by atoms with Crippen LogP contribution in [0.4, 0.5) is 4.39 Å². The second-order valence-electron chi connectivity index (χ2n) is 4.83. The highest BCUT2D eigenvalue weighted by atomic mass is 19.1. The maximum absolute atomic E-state index is 13.8. The van der Waals surface area contributed by atoms with Crippen molar-refractivity contribution in [2.24, 2.45) is 0 Å². The summed E-state index contributed by atoms with van der Waals surface area (Å²) in [6, 6.07) is 14.8. The van der Waals surface area contributed by atoms with E-state index in [1.165, 1.54) is 23.3 Å². The highest BCUT2D eigenvalue weighted by Crippen LogP contribution is 2.24. The largest absolute Gasteiger partial charge is 0.290 e. The molecule has 3 rings (SSSR count). The van der Waals surface area contributed by atoms with Gasteiger partial charge in [-0.3, -0.25) is 4.90 Å². The lowest BCUT2D eigenvalue weighted by atomic mass is 10.1. The molecule has 0 atom stereocenters. The third kappa shape index (κ3) is 2.35. The number of halogens is 1. The number of nitriles is 1. The molecule has 1 heterocycles. The van der Waals surface area contributed by atoms with E-state index in [9.17, 15) is 4.39 Å². The van der Waals surface area contributed by atoms with Gasteiger partial charge in [0.25, 0.3) is 0 Å². The predicted molar refractivity (Wildman–Crippen MR) is 70.5 cm³/mol. The third-order valence-corrected chi connectivity index (χ3v) is 3.48. The van der Waals surface area contributed by atoms with Gasteiger partial charge in [0.15, 0.2) is 0 Å². The zero-order chi connectivity index (χ0) is 13.2. The number of hydrogen-bond acceptors (Lipinski definition) is 2. The molecule has 0 unspecified atom stereocenters. The monoisotopic (exact) mass is 252 g/mol. The van der Waals surface area contributed by atoms with Crippen molar-refractivity contribution in [1.82, 2.24) is 4.90 Å². The Balaban J connectivity index is 1.79. The first-order valence-corrected chi connectivity index (χ1v) is 6.24. The summed E-state index contributed by atoms with van der Waals surface area (Å²) in [5.41, 5.74) is 3.71. The Morgan fingerprint density at radius 1 is 1.11 bits per heavy atom. The van der Waals surface area contributed by atoms with Crippen LogP contribution in [0.5, 0.6) is 0 Å². The summed E-state index contributed by atoms with van der Waals surface area (Å²) in [4.78, 5) is 2.18. The minimum absolute atomic E-state index is 0.241. The summed E-state index contributed by atoms with van der Waals surface area (Å²) in [5, 5.41) is 8.87. The molecule has 2 nitrogen and oxygen atoms in total. The van der Waals surface area contributed by atoms with Gasteiger partial charge in [-0.1, -0.05) is 24.3 Å². The smallest absolute Gasteiger partial charge is 0.127 e. The fourth-order valence-electron chi connectivity index (χ4n) is 2.52. The van der Waals surface area contributed by atoms with Gasteiger partial charge in [-0.2, -0.15) is 5.26 Å². The van der Waals surface area contributed by atoms with Gasteiger partial charge in [0.1, 0.15) is 5.82 Å². The lowest BCUT2D eigenvalue weighted by Gasteiger charge is -2.15. The van der Waals surface area contributed by atoms with E-state index in [2.05, 4.69) is 23.1 Å². The maximum Gasteiger partial charge on any atom is 0.127 e. The molecule has 0 aliphatic carbocycles. The van der Waals surface area contributed by atoms with Crippen LogP contribution in [-0.4, -0.2) is 4.90 Å². The van der Waals surface area contributed by atoms with E-state index in [4.69, 9.17) is 5.26 Å². The van der Waals surface area contributed by atoms with E-state index in [1.807, 2.05) is 12.1 Å². The number of hydrogen-bond donors (Lipinski definition) is 0. The van der Waals surface area contributed by atoms with Crippen LogP contribution in [0.2, 0.25) is 0 Å². The molecule has 0 saturated heterocycles. The summed E-state index contributed by atoms with van der Waals surface area (Å²) in [7, 11) is 0. The van der Waals surface area contributed by atoms with Crippen LogP contribution in [0, 0.1) is 17.1 Å². The first-order valence-electron chi connectivity index (χ1n) is 6.24. The van der Waals surface area contributed by atoms with Crippen molar-refractivity contribution >= 4 is 0 Å². The van der Waals surface area contributed by atoms with Gasteiger partial charge in [-0.05, 0) is 29.3 Å². The Morgan fingerprint density at radius 3 is 2.42 bits per heavy atom. The molecule has 1 aliphatic rings. The van der Waals surface area contributed by atoms with Gasteiger partial charge in [0, 0.05) is 25.2 Å². The normalized spacial score (nSPS) is 14.1. The Bertz CT molecular complexity index is 633. The first-order chi connectivity index (χ1) is 9.26. The summed E-state index contributed by atoms with van der Waals surface area (Å²) < 4.78 is 13.8. The molecule has 0 spiro atoms. The standard InChI is InChI=1S/C16H13FN2/c17-16-6-5-12(8-18)7-15(16)11-19-9-13-3-1-2-4-14(13)10-19/h1-7H,9-11H2. The minimum atomic E-state index is -0.241. The summed E-state index contributed by atoms with van der Waals surface area (Å²) >= 11 is 0. The zero-order valence-corrected chi connectivity index (χ0v) is 10.4. The van der Waals surface area contributed by atoms with Crippen LogP contribution in [0.15, 0.2) is 42.5 Å². The van der Waals surface area contributed by atoms with Crippen LogP contribution in [0.3, 0.4) is 0 Å². The van der Waals surface area contributed by atoms with Gasteiger partial charge in [0.05, 0.1) is 11.6 Å². The van der Waals surface area contributed by atoms with Crippen LogP contribution >= 0.6 is 0 Å². The zero-order valence-electron chi connectivity index (χ0n) is 10.4. The average molecular weight is 252 g/mol. The maximum atomic E-state index is 13.8. The van der Waals surface area contributed by atoms with Crippen molar-refractivity contribution in [3.05, 3.63) is 70.5 Å². The average Bonchev–Trinajstić information content (AvgIpc) is 2.83. The molecule has 0 fully saturated rings. The highest BCUT2D eigenvalue weighted by molar-refractivity contribution is 5.35. The van der Waals surface area contributed by atoms with E-state index in [1.54, 1.807) is 6.07 Å². The summed E-state index contributed by atoms with van der Waals surface area (Å²) in [6.45, 7) is 2.22. The number of rotatable bonds is 2. The fraction of sp³-hybridized carbons (Fsp3) is 0.188. The molecule has 94 valence electrons. The van der Waals surface area contributed by atoms with Crippen molar-refractivity contribution in [3.63, 3.8) is 0 Å². The molecule has 0 aromatic heterocycles. The molecule has 3 heteroatoms. The number of nitrogens with zero attached hydrogens (tertiary/aromatic N) is 2. The first kappa shape index (κ1) is 11.9. The second-order valence-corrected chi connectivity index (χ2v) is 4.83. The quantitative estimate of drug-likeness (QED) is 0.820. The van der Waals surface area contributed by atoms with Gasteiger partial charge in [-0.15, -0.1) is 0 Å². The summed E-state index contributed by atoms with van der Waals surface area (Å²) in [5.74, 6) is -0.241. The van der Waals surface area contributed by atoms with Crippen LogP contribution in [-0.2, 0) is 19.6 Å². The molecule has 0 saturated carbocycles. The minimum Gasteiger partial charge on any atom is -0.290 e. The van der Waals surface area contributed by atoms with Crippen LogP contribution in [0.25, 0.3) is 0 Å². The van der Waals surface area contributed by atoms with Crippen molar-refractivity contribution in [2.75, 3.05) is 0 Å². The van der Waals surface area contributed by atoms with Crippen LogP contribution in [0.1, 0.15) is 22.3 Å². The molecule has 2 aromatic carbocycles. The molecule has 0 amide bonds. The van der Waals surface area contributed by atoms with Crippen molar-refractivity contribution < 1.29 is 4.39 Å². The Morgan fingerprint density at radius 2 is 1.79 bits per heavy atom.